The zero-order valence-electron chi connectivity index (χ0n) is 11.7. The molecule has 0 heterocycles. The van der Waals surface area contributed by atoms with Crippen LogP contribution in [0.1, 0.15) is 38.7 Å². The summed E-state index contributed by atoms with van der Waals surface area (Å²) in [6.45, 7) is 5.91. The van der Waals surface area contributed by atoms with Gasteiger partial charge in [-0.25, -0.2) is 0 Å². The Labute approximate surface area is 114 Å². The predicted molar refractivity (Wildman–Crippen MR) is 74.0 cm³/mol. The van der Waals surface area contributed by atoms with Gasteiger partial charge in [0.2, 0.25) is 5.91 Å². The molecule has 0 saturated heterocycles. The molecule has 1 atom stereocenters. The average molecular weight is 263 g/mol. The number of benzene rings is 1. The Balaban J connectivity index is 2.79. The van der Waals surface area contributed by atoms with E-state index in [1.54, 1.807) is 4.90 Å². The molecular formula is C15H21NO3. The molecule has 19 heavy (non-hydrogen) atoms. The van der Waals surface area contributed by atoms with Crippen LogP contribution >= 0.6 is 0 Å². The predicted octanol–water partition coefficient (Wildman–Crippen LogP) is 2.50. The number of carboxylic acids is 1. The second-order valence-corrected chi connectivity index (χ2v) is 4.90. The van der Waals surface area contributed by atoms with Crippen LogP contribution < -0.4 is 0 Å². The summed E-state index contributed by atoms with van der Waals surface area (Å²) in [4.78, 5) is 24.7. The highest BCUT2D eigenvalue weighted by molar-refractivity contribution is 5.84. The molecule has 0 aliphatic heterocycles. The van der Waals surface area contributed by atoms with Gasteiger partial charge in [-0.2, -0.15) is 0 Å². The van der Waals surface area contributed by atoms with Crippen LogP contribution in [-0.2, 0) is 9.59 Å². The average Bonchev–Trinajstić information content (AvgIpc) is 2.38. The lowest BCUT2D eigenvalue weighted by Crippen LogP contribution is -2.40. The van der Waals surface area contributed by atoms with E-state index in [2.05, 4.69) is 0 Å². The van der Waals surface area contributed by atoms with Gasteiger partial charge in [-0.1, -0.05) is 30.3 Å². The van der Waals surface area contributed by atoms with Crippen LogP contribution in [0.5, 0.6) is 0 Å². The van der Waals surface area contributed by atoms with Crippen LogP contribution in [0.4, 0.5) is 0 Å². The Morgan fingerprint density at radius 3 is 2.21 bits per heavy atom. The molecule has 1 N–H and O–H groups in total. The third-order valence-corrected chi connectivity index (χ3v) is 3.14. The van der Waals surface area contributed by atoms with Crippen LogP contribution in [0, 0.1) is 0 Å². The fourth-order valence-electron chi connectivity index (χ4n) is 1.97. The van der Waals surface area contributed by atoms with Crippen LogP contribution in [0.15, 0.2) is 30.3 Å². The van der Waals surface area contributed by atoms with Crippen LogP contribution in [-0.4, -0.2) is 34.5 Å². The quantitative estimate of drug-likeness (QED) is 0.858. The summed E-state index contributed by atoms with van der Waals surface area (Å²) in [5, 5.41) is 8.74. The number of carbonyl (C=O) groups excluding carboxylic acids is 1. The maximum Gasteiger partial charge on any atom is 0.305 e. The number of amides is 1. The van der Waals surface area contributed by atoms with Crippen molar-refractivity contribution < 1.29 is 14.7 Å². The van der Waals surface area contributed by atoms with E-state index in [1.807, 2.05) is 51.1 Å². The zero-order valence-corrected chi connectivity index (χ0v) is 11.7. The van der Waals surface area contributed by atoms with Gasteiger partial charge in [0.1, 0.15) is 0 Å². The molecule has 0 aliphatic carbocycles. The van der Waals surface area contributed by atoms with Crippen LogP contribution in [0.25, 0.3) is 0 Å². The van der Waals surface area contributed by atoms with Gasteiger partial charge in [-0.15, -0.1) is 0 Å². The van der Waals surface area contributed by atoms with E-state index in [0.29, 0.717) is 0 Å². The zero-order chi connectivity index (χ0) is 14.4. The van der Waals surface area contributed by atoms with Crippen molar-refractivity contribution in [2.24, 2.45) is 0 Å². The van der Waals surface area contributed by atoms with Gasteiger partial charge < -0.3 is 10.0 Å². The first-order valence-electron chi connectivity index (χ1n) is 6.50. The summed E-state index contributed by atoms with van der Waals surface area (Å²) in [5.74, 6) is -1.16. The summed E-state index contributed by atoms with van der Waals surface area (Å²) in [6, 6.07) is 9.53. The molecule has 0 aromatic heterocycles. The Bertz CT molecular complexity index is 428. The number of aliphatic carboxylic acids is 1. The van der Waals surface area contributed by atoms with Crippen molar-refractivity contribution in [3.05, 3.63) is 35.9 Å². The molecule has 4 heteroatoms. The molecule has 0 fully saturated rings. The Kier molecular flexibility index (Phi) is 5.55. The maximum atomic E-state index is 12.4. The van der Waals surface area contributed by atoms with Crippen molar-refractivity contribution in [2.75, 3.05) is 6.54 Å². The highest BCUT2D eigenvalue weighted by atomic mass is 16.4. The number of nitrogens with zero attached hydrogens (tertiary/aromatic N) is 1. The van der Waals surface area contributed by atoms with Gasteiger partial charge in [0.15, 0.2) is 0 Å². The Morgan fingerprint density at radius 1 is 1.16 bits per heavy atom. The summed E-state index contributed by atoms with van der Waals surface area (Å²) < 4.78 is 0. The molecule has 0 radical (unpaired) electrons. The van der Waals surface area contributed by atoms with Crippen LogP contribution in [0.3, 0.4) is 0 Å². The van der Waals surface area contributed by atoms with E-state index in [9.17, 15) is 9.59 Å². The molecule has 0 saturated carbocycles. The van der Waals surface area contributed by atoms with E-state index in [4.69, 9.17) is 5.11 Å². The molecule has 1 aromatic carbocycles. The fourth-order valence-corrected chi connectivity index (χ4v) is 1.97. The van der Waals surface area contributed by atoms with Crippen molar-refractivity contribution in [3.8, 4) is 0 Å². The Morgan fingerprint density at radius 2 is 1.74 bits per heavy atom. The second kappa shape index (κ2) is 6.92. The number of carbonyl (C=O) groups is 2. The first-order valence-corrected chi connectivity index (χ1v) is 6.50. The van der Waals surface area contributed by atoms with Gasteiger partial charge >= 0.3 is 5.97 Å². The van der Waals surface area contributed by atoms with Gasteiger partial charge in [-0.3, -0.25) is 9.59 Å². The number of carboxylic acid groups (broad SMARTS) is 1. The number of rotatable bonds is 6. The van der Waals surface area contributed by atoms with E-state index < -0.39 is 5.97 Å². The molecule has 4 nitrogen and oxygen atoms in total. The highest BCUT2D eigenvalue weighted by Crippen LogP contribution is 2.19. The number of hydrogen-bond acceptors (Lipinski definition) is 2. The topological polar surface area (TPSA) is 57.6 Å². The van der Waals surface area contributed by atoms with Crippen molar-refractivity contribution in [1.82, 2.24) is 4.90 Å². The molecular weight excluding hydrogens is 242 g/mol. The molecule has 104 valence electrons. The lowest BCUT2D eigenvalue weighted by molar-refractivity contribution is -0.139. The molecule has 1 amide bonds. The molecule has 1 aromatic rings. The first kappa shape index (κ1) is 15.2. The molecule has 0 aliphatic rings. The molecule has 1 unspecified atom stereocenters. The third-order valence-electron chi connectivity index (χ3n) is 3.14. The Hall–Kier alpha value is -1.84. The number of hydrogen-bond donors (Lipinski definition) is 1. The van der Waals surface area contributed by atoms with E-state index in [0.717, 1.165) is 5.56 Å². The molecule has 0 bridgehead atoms. The SMILES string of the molecule is CC(C(=O)N(CCC(=O)O)C(C)C)c1ccccc1. The van der Waals surface area contributed by atoms with Crippen molar-refractivity contribution in [3.63, 3.8) is 0 Å². The maximum absolute atomic E-state index is 12.4. The molecule has 1 rings (SSSR count). The lowest BCUT2D eigenvalue weighted by atomic mass is 9.99. The van der Waals surface area contributed by atoms with Crippen molar-refractivity contribution in [2.45, 2.75) is 39.2 Å². The second-order valence-electron chi connectivity index (χ2n) is 4.90. The summed E-state index contributed by atoms with van der Waals surface area (Å²) >= 11 is 0. The van der Waals surface area contributed by atoms with Gasteiger partial charge in [0.05, 0.1) is 12.3 Å². The largest absolute Gasteiger partial charge is 0.481 e. The van der Waals surface area contributed by atoms with Gasteiger partial charge in [0, 0.05) is 12.6 Å². The first-order chi connectivity index (χ1) is 8.93. The van der Waals surface area contributed by atoms with Crippen molar-refractivity contribution in [1.29, 1.82) is 0 Å². The standard InChI is InChI=1S/C15H21NO3/c1-11(2)16(10-9-14(17)18)15(19)12(3)13-7-5-4-6-8-13/h4-8,11-12H,9-10H2,1-3H3,(H,17,18). The monoisotopic (exact) mass is 263 g/mol. The van der Waals surface area contributed by atoms with E-state index in [-0.39, 0.29) is 30.8 Å². The van der Waals surface area contributed by atoms with Crippen molar-refractivity contribution >= 4 is 11.9 Å². The fraction of sp³-hybridized carbons (Fsp3) is 0.467. The third kappa shape index (κ3) is 4.39. The van der Waals surface area contributed by atoms with E-state index in [1.165, 1.54) is 0 Å². The van der Waals surface area contributed by atoms with Gasteiger partial charge in [-0.05, 0) is 26.3 Å². The lowest BCUT2D eigenvalue weighted by Gasteiger charge is -2.29. The summed E-state index contributed by atoms with van der Waals surface area (Å²) in [7, 11) is 0. The normalized spacial score (nSPS) is 12.2. The summed E-state index contributed by atoms with van der Waals surface area (Å²) in [6.07, 6.45) is -0.0224. The van der Waals surface area contributed by atoms with Crippen LogP contribution in [0.2, 0.25) is 0 Å². The smallest absolute Gasteiger partial charge is 0.305 e. The minimum atomic E-state index is -0.884. The van der Waals surface area contributed by atoms with E-state index >= 15 is 0 Å². The van der Waals surface area contributed by atoms with Gasteiger partial charge in [0.25, 0.3) is 0 Å². The minimum absolute atomic E-state index is 0.00184. The minimum Gasteiger partial charge on any atom is -0.481 e. The summed E-state index contributed by atoms with van der Waals surface area (Å²) in [5.41, 5.74) is 0.952. The molecule has 0 spiro atoms. The highest BCUT2D eigenvalue weighted by Gasteiger charge is 2.24.